The van der Waals surface area contributed by atoms with Crippen molar-refractivity contribution in [3.63, 3.8) is 0 Å². The van der Waals surface area contributed by atoms with E-state index in [1.807, 2.05) is 6.92 Å². The summed E-state index contributed by atoms with van der Waals surface area (Å²) in [7, 11) is 3.05. The summed E-state index contributed by atoms with van der Waals surface area (Å²) >= 11 is 0. The van der Waals surface area contributed by atoms with Crippen molar-refractivity contribution in [3.8, 4) is 0 Å². The maximum atomic E-state index is 10.8. The third-order valence-corrected chi connectivity index (χ3v) is 1.82. The molecule has 0 heterocycles. The summed E-state index contributed by atoms with van der Waals surface area (Å²) in [5, 5.41) is 6.05. The highest BCUT2D eigenvalue weighted by atomic mass is 16.5. The minimum absolute atomic E-state index is 0.239. The van der Waals surface area contributed by atoms with Gasteiger partial charge in [-0.1, -0.05) is 0 Å². The lowest BCUT2D eigenvalue weighted by atomic mass is 10.4. The largest absolute Gasteiger partial charge is 0.469 e. The van der Waals surface area contributed by atoms with Gasteiger partial charge in [0, 0.05) is 26.7 Å². The number of guanidine groups is 1. The summed E-state index contributed by atoms with van der Waals surface area (Å²) in [6.45, 7) is 4.47. The van der Waals surface area contributed by atoms with Crippen molar-refractivity contribution in [1.82, 2.24) is 10.6 Å². The Balaban J connectivity index is 3.56. The third kappa shape index (κ3) is 8.05. The van der Waals surface area contributed by atoms with Gasteiger partial charge in [-0.05, 0) is 6.92 Å². The molecule has 2 N–H and O–H groups in total. The Morgan fingerprint density at radius 3 is 2.56 bits per heavy atom. The second kappa shape index (κ2) is 10.2. The Hall–Kier alpha value is -1.30. The summed E-state index contributed by atoms with van der Waals surface area (Å²) in [5.74, 6) is 0.417. The Morgan fingerprint density at radius 2 is 2.00 bits per heavy atom. The van der Waals surface area contributed by atoms with Gasteiger partial charge >= 0.3 is 5.97 Å². The van der Waals surface area contributed by atoms with Crippen LogP contribution in [-0.2, 0) is 14.3 Å². The number of hydrogen-bond acceptors (Lipinski definition) is 4. The Morgan fingerprint density at radius 1 is 1.31 bits per heavy atom. The third-order valence-electron chi connectivity index (χ3n) is 1.82. The van der Waals surface area contributed by atoms with Crippen LogP contribution in [0.4, 0.5) is 0 Å². The first-order valence-electron chi connectivity index (χ1n) is 5.33. The van der Waals surface area contributed by atoms with E-state index in [0.29, 0.717) is 38.7 Å². The van der Waals surface area contributed by atoms with Crippen molar-refractivity contribution in [1.29, 1.82) is 0 Å². The fraction of sp³-hybridized carbons (Fsp3) is 0.800. The highest BCUT2D eigenvalue weighted by Crippen LogP contribution is 1.81. The minimum atomic E-state index is -0.239. The average molecular weight is 231 g/mol. The van der Waals surface area contributed by atoms with Crippen LogP contribution in [0, 0.1) is 0 Å². The summed E-state index contributed by atoms with van der Waals surface area (Å²) in [6, 6.07) is 0. The highest BCUT2D eigenvalue weighted by Gasteiger charge is 2.01. The molecule has 6 nitrogen and oxygen atoms in total. The zero-order valence-electron chi connectivity index (χ0n) is 10.2. The molecule has 0 saturated heterocycles. The van der Waals surface area contributed by atoms with Gasteiger partial charge in [-0.3, -0.25) is 9.79 Å². The molecule has 0 atom stereocenters. The zero-order chi connectivity index (χ0) is 12.2. The first kappa shape index (κ1) is 14.7. The fourth-order valence-corrected chi connectivity index (χ4v) is 0.992. The average Bonchev–Trinajstić information content (AvgIpc) is 2.31. The number of esters is 1. The maximum absolute atomic E-state index is 10.8. The molecule has 0 rings (SSSR count). The van der Waals surface area contributed by atoms with Crippen LogP contribution in [0.3, 0.4) is 0 Å². The van der Waals surface area contributed by atoms with E-state index in [2.05, 4.69) is 20.4 Å². The van der Waals surface area contributed by atoms with Crippen LogP contribution in [-0.4, -0.2) is 52.4 Å². The quantitative estimate of drug-likeness (QED) is 0.274. The number of methoxy groups -OCH3 is 1. The molecule has 0 aromatic rings. The first-order chi connectivity index (χ1) is 7.74. The van der Waals surface area contributed by atoms with Gasteiger partial charge in [-0.25, -0.2) is 0 Å². The number of ether oxygens (including phenoxy) is 2. The maximum Gasteiger partial charge on any atom is 0.307 e. The van der Waals surface area contributed by atoms with Gasteiger partial charge in [0.1, 0.15) is 0 Å². The molecule has 0 aliphatic carbocycles. The molecule has 0 aromatic carbocycles. The summed E-state index contributed by atoms with van der Waals surface area (Å²) in [4.78, 5) is 14.8. The molecule has 0 amide bonds. The van der Waals surface area contributed by atoms with E-state index in [0.717, 1.165) is 0 Å². The molecule has 0 bridgehead atoms. The molecular formula is C10H21N3O3. The van der Waals surface area contributed by atoms with Crippen molar-refractivity contribution in [2.75, 3.05) is 40.5 Å². The molecule has 94 valence electrons. The number of nitrogens with zero attached hydrogens (tertiary/aromatic N) is 1. The van der Waals surface area contributed by atoms with E-state index in [4.69, 9.17) is 4.74 Å². The minimum Gasteiger partial charge on any atom is -0.469 e. The van der Waals surface area contributed by atoms with E-state index in [1.54, 1.807) is 7.05 Å². The van der Waals surface area contributed by atoms with Crippen molar-refractivity contribution >= 4 is 11.9 Å². The van der Waals surface area contributed by atoms with Crippen molar-refractivity contribution in [2.45, 2.75) is 13.3 Å². The standard InChI is InChI=1S/C10H21N3O3/c1-4-16-8-7-13-10(11-2)12-6-5-9(14)15-3/h4-8H2,1-3H3,(H2,11,12,13). The normalized spacial score (nSPS) is 11.1. The predicted octanol–water partition coefficient (Wildman–Crippen LogP) is -0.249. The monoisotopic (exact) mass is 231 g/mol. The number of carbonyl (C=O) groups excluding carboxylic acids is 1. The van der Waals surface area contributed by atoms with Crippen LogP contribution in [0.2, 0.25) is 0 Å². The van der Waals surface area contributed by atoms with Gasteiger partial charge in [-0.15, -0.1) is 0 Å². The number of hydrogen-bond donors (Lipinski definition) is 2. The van der Waals surface area contributed by atoms with Crippen LogP contribution < -0.4 is 10.6 Å². The second-order valence-electron chi connectivity index (χ2n) is 2.95. The number of carbonyl (C=O) groups is 1. The van der Waals surface area contributed by atoms with E-state index < -0.39 is 0 Å². The summed E-state index contributed by atoms with van der Waals surface area (Å²) < 4.78 is 9.69. The molecule has 0 fully saturated rings. The van der Waals surface area contributed by atoms with Crippen molar-refractivity contribution in [3.05, 3.63) is 0 Å². The molecule has 0 spiro atoms. The second-order valence-corrected chi connectivity index (χ2v) is 2.95. The zero-order valence-corrected chi connectivity index (χ0v) is 10.2. The van der Waals surface area contributed by atoms with E-state index >= 15 is 0 Å². The van der Waals surface area contributed by atoms with Gasteiger partial charge < -0.3 is 20.1 Å². The van der Waals surface area contributed by atoms with Crippen LogP contribution in [0.5, 0.6) is 0 Å². The van der Waals surface area contributed by atoms with Crippen LogP contribution in [0.1, 0.15) is 13.3 Å². The lowest BCUT2D eigenvalue weighted by Gasteiger charge is -2.11. The number of rotatable bonds is 7. The Bertz CT molecular complexity index is 219. The first-order valence-corrected chi connectivity index (χ1v) is 5.33. The topological polar surface area (TPSA) is 72.0 Å². The fourth-order valence-electron chi connectivity index (χ4n) is 0.992. The molecule has 0 aliphatic heterocycles. The van der Waals surface area contributed by atoms with Gasteiger partial charge in [0.05, 0.1) is 20.1 Å². The van der Waals surface area contributed by atoms with E-state index in [-0.39, 0.29) is 5.97 Å². The summed E-state index contributed by atoms with van der Waals surface area (Å²) in [6.07, 6.45) is 0.322. The lowest BCUT2D eigenvalue weighted by Crippen LogP contribution is -2.39. The van der Waals surface area contributed by atoms with E-state index in [1.165, 1.54) is 7.11 Å². The SMILES string of the molecule is CCOCCNC(=NC)NCCC(=O)OC. The number of aliphatic imine (C=N–C) groups is 1. The molecule has 0 saturated carbocycles. The lowest BCUT2D eigenvalue weighted by molar-refractivity contribution is -0.140. The number of nitrogens with one attached hydrogen (secondary N) is 2. The molecule has 6 heteroatoms. The Kier molecular flexibility index (Phi) is 9.39. The van der Waals surface area contributed by atoms with Crippen LogP contribution in [0.25, 0.3) is 0 Å². The highest BCUT2D eigenvalue weighted by molar-refractivity contribution is 5.80. The van der Waals surface area contributed by atoms with Gasteiger partial charge in [0.25, 0.3) is 0 Å². The molecule has 0 aliphatic rings. The molecule has 0 radical (unpaired) electrons. The van der Waals surface area contributed by atoms with Gasteiger partial charge in [-0.2, -0.15) is 0 Å². The molecular weight excluding hydrogens is 210 g/mol. The Labute approximate surface area is 96.4 Å². The van der Waals surface area contributed by atoms with Gasteiger partial charge in [0.15, 0.2) is 5.96 Å². The van der Waals surface area contributed by atoms with Crippen LogP contribution >= 0.6 is 0 Å². The molecule has 16 heavy (non-hydrogen) atoms. The van der Waals surface area contributed by atoms with Crippen molar-refractivity contribution in [2.24, 2.45) is 4.99 Å². The van der Waals surface area contributed by atoms with Crippen LogP contribution in [0.15, 0.2) is 4.99 Å². The van der Waals surface area contributed by atoms with Crippen molar-refractivity contribution < 1.29 is 14.3 Å². The van der Waals surface area contributed by atoms with E-state index in [9.17, 15) is 4.79 Å². The molecule has 0 unspecified atom stereocenters. The summed E-state index contributed by atoms with van der Waals surface area (Å²) in [5.41, 5.74) is 0. The molecule has 0 aromatic heterocycles. The predicted molar refractivity (Wildman–Crippen MR) is 62.5 cm³/mol. The van der Waals surface area contributed by atoms with Gasteiger partial charge in [0.2, 0.25) is 0 Å². The smallest absolute Gasteiger partial charge is 0.307 e.